The Kier molecular flexibility index (Phi) is 3.99. The first-order valence-corrected chi connectivity index (χ1v) is 7.92. The van der Waals surface area contributed by atoms with Gasteiger partial charge >= 0.3 is 0 Å². The summed E-state index contributed by atoms with van der Waals surface area (Å²) in [5, 5.41) is 0. The molecule has 2 atom stereocenters. The van der Waals surface area contributed by atoms with E-state index < -0.39 is 9.84 Å². The second kappa shape index (κ2) is 5.34. The highest BCUT2D eigenvalue weighted by Crippen LogP contribution is 2.24. The van der Waals surface area contributed by atoms with Gasteiger partial charge in [0.2, 0.25) is 0 Å². The maximum atomic E-state index is 11.5. The normalized spacial score (nSPS) is 23.4. The molecule has 2 rings (SSSR count). The highest BCUT2D eigenvalue weighted by Gasteiger charge is 2.30. The van der Waals surface area contributed by atoms with Crippen molar-refractivity contribution in [2.24, 2.45) is 5.73 Å². The van der Waals surface area contributed by atoms with Gasteiger partial charge < -0.3 is 5.73 Å². The van der Waals surface area contributed by atoms with Crippen LogP contribution in [0.15, 0.2) is 24.5 Å². The molecule has 0 aromatic carbocycles. The molecule has 1 aliphatic rings. The van der Waals surface area contributed by atoms with Crippen LogP contribution >= 0.6 is 0 Å². The van der Waals surface area contributed by atoms with Crippen LogP contribution in [0.5, 0.6) is 0 Å². The Hall–Kier alpha value is -0.980. The third-order valence-corrected chi connectivity index (χ3v) is 4.91. The predicted molar refractivity (Wildman–Crippen MR) is 70.9 cm³/mol. The van der Waals surface area contributed by atoms with Gasteiger partial charge in [-0.25, -0.2) is 8.42 Å². The van der Waals surface area contributed by atoms with Crippen LogP contribution in [0.3, 0.4) is 0 Å². The van der Waals surface area contributed by atoms with Crippen LogP contribution in [-0.2, 0) is 9.84 Å². The Balaban J connectivity index is 2.18. The summed E-state index contributed by atoms with van der Waals surface area (Å²) in [6.45, 7) is 3.04. The van der Waals surface area contributed by atoms with Crippen molar-refractivity contribution in [3.8, 4) is 0 Å². The van der Waals surface area contributed by atoms with Crippen LogP contribution in [0.1, 0.15) is 18.5 Å². The van der Waals surface area contributed by atoms with Gasteiger partial charge in [-0.1, -0.05) is 6.07 Å². The standard InChI is InChI=1S/C12H19N3O2S/c1-10(13)12(11-3-2-4-14-9-11)15-5-7-18(16,17)8-6-15/h2-4,9-10,12H,5-8,13H2,1H3. The van der Waals surface area contributed by atoms with Crippen LogP contribution in [0.2, 0.25) is 0 Å². The van der Waals surface area contributed by atoms with Gasteiger partial charge in [-0.2, -0.15) is 0 Å². The fraction of sp³-hybridized carbons (Fsp3) is 0.583. The zero-order valence-electron chi connectivity index (χ0n) is 10.5. The van der Waals surface area contributed by atoms with E-state index in [2.05, 4.69) is 9.88 Å². The molecule has 1 saturated heterocycles. The Labute approximate surface area is 108 Å². The maximum Gasteiger partial charge on any atom is 0.152 e. The molecule has 5 nitrogen and oxygen atoms in total. The molecule has 1 aliphatic heterocycles. The number of rotatable bonds is 3. The molecule has 1 fully saturated rings. The molecule has 6 heteroatoms. The Bertz CT molecular complexity index is 473. The van der Waals surface area contributed by atoms with Gasteiger partial charge in [-0.05, 0) is 18.6 Å². The number of nitrogens with two attached hydrogens (primary N) is 1. The SMILES string of the molecule is CC(N)C(c1cccnc1)N1CCS(=O)(=O)CC1. The van der Waals surface area contributed by atoms with Crippen LogP contribution < -0.4 is 5.73 Å². The minimum atomic E-state index is -2.86. The number of hydrogen-bond acceptors (Lipinski definition) is 5. The third kappa shape index (κ3) is 3.07. The maximum absolute atomic E-state index is 11.5. The minimum Gasteiger partial charge on any atom is -0.326 e. The molecule has 100 valence electrons. The van der Waals surface area contributed by atoms with Crippen molar-refractivity contribution in [3.63, 3.8) is 0 Å². The second-order valence-corrected chi connectivity index (χ2v) is 7.08. The van der Waals surface area contributed by atoms with Crippen molar-refractivity contribution in [2.45, 2.75) is 19.0 Å². The van der Waals surface area contributed by atoms with E-state index in [0.717, 1.165) is 5.56 Å². The lowest BCUT2D eigenvalue weighted by molar-refractivity contribution is 0.191. The summed E-state index contributed by atoms with van der Waals surface area (Å²) in [6.07, 6.45) is 3.53. The summed E-state index contributed by atoms with van der Waals surface area (Å²) in [4.78, 5) is 6.25. The number of aromatic nitrogens is 1. The Morgan fingerprint density at radius 2 is 2.06 bits per heavy atom. The lowest BCUT2D eigenvalue weighted by Crippen LogP contribution is -2.47. The first-order chi connectivity index (χ1) is 8.49. The summed E-state index contributed by atoms with van der Waals surface area (Å²) in [5.41, 5.74) is 7.10. The third-order valence-electron chi connectivity index (χ3n) is 3.30. The molecule has 1 aromatic heterocycles. The van der Waals surface area contributed by atoms with E-state index in [0.29, 0.717) is 13.1 Å². The molecule has 0 saturated carbocycles. The van der Waals surface area contributed by atoms with Gasteiger partial charge in [0.15, 0.2) is 9.84 Å². The lowest BCUT2D eigenvalue weighted by Gasteiger charge is -2.36. The van der Waals surface area contributed by atoms with Gasteiger partial charge in [0.05, 0.1) is 17.5 Å². The largest absolute Gasteiger partial charge is 0.326 e. The molecule has 0 aliphatic carbocycles. The fourth-order valence-corrected chi connectivity index (χ4v) is 3.63. The number of hydrogen-bond donors (Lipinski definition) is 1. The highest BCUT2D eigenvalue weighted by atomic mass is 32.2. The van der Waals surface area contributed by atoms with Gasteiger partial charge in [0.25, 0.3) is 0 Å². The Morgan fingerprint density at radius 3 is 2.56 bits per heavy atom. The van der Waals surface area contributed by atoms with Crippen molar-refractivity contribution < 1.29 is 8.42 Å². The van der Waals surface area contributed by atoms with Crippen molar-refractivity contribution >= 4 is 9.84 Å². The van der Waals surface area contributed by atoms with E-state index in [4.69, 9.17) is 5.73 Å². The van der Waals surface area contributed by atoms with E-state index in [-0.39, 0.29) is 23.6 Å². The fourth-order valence-electron chi connectivity index (χ4n) is 2.40. The summed E-state index contributed by atoms with van der Waals surface area (Å²) in [7, 11) is -2.86. The average Bonchev–Trinajstić information content (AvgIpc) is 2.33. The molecule has 2 heterocycles. The smallest absolute Gasteiger partial charge is 0.152 e. The first-order valence-electron chi connectivity index (χ1n) is 6.09. The topological polar surface area (TPSA) is 76.3 Å². The summed E-state index contributed by atoms with van der Waals surface area (Å²) < 4.78 is 22.9. The van der Waals surface area contributed by atoms with Crippen molar-refractivity contribution in [3.05, 3.63) is 30.1 Å². The number of sulfone groups is 1. The van der Waals surface area contributed by atoms with E-state index in [1.54, 1.807) is 12.4 Å². The van der Waals surface area contributed by atoms with Gasteiger partial charge in [-0.15, -0.1) is 0 Å². The van der Waals surface area contributed by atoms with E-state index in [1.807, 2.05) is 19.1 Å². The van der Waals surface area contributed by atoms with E-state index in [1.165, 1.54) is 0 Å². The van der Waals surface area contributed by atoms with Crippen LogP contribution in [0.4, 0.5) is 0 Å². The number of pyridine rings is 1. The monoisotopic (exact) mass is 269 g/mol. The predicted octanol–water partition coefficient (Wildman–Crippen LogP) is 0.200. The zero-order chi connectivity index (χ0) is 13.2. The van der Waals surface area contributed by atoms with Crippen molar-refractivity contribution in [1.82, 2.24) is 9.88 Å². The second-order valence-electron chi connectivity index (χ2n) is 4.78. The van der Waals surface area contributed by atoms with Crippen molar-refractivity contribution in [2.75, 3.05) is 24.6 Å². The molecule has 1 aromatic rings. The summed E-state index contributed by atoms with van der Waals surface area (Å²) in [6, 6.07) is 3.85. The van der Waals surface area contributed by atoms with Crippen LogP contribution in [0, 0.1) is 0 Å². The molecule has 2 unspecified atom stereocenters. The molecule has 2 N–H and O–H groups in total. The molecule has 0 bridgehead atoms. The molecule has 0 spiro atoms. The van der Waals surface area contributed by atoms with E-state index >= 15 is 0 Å². The van der Waals surface area contributed by atoms with Crippen LogP contribution in [-0.4, -0.2) is 48.9 Å². The van der Waals surface area contributed by atoms with Gasteiger partial charge in [-0.3, -0.25) is 9.88 Å². The highest BCUT2D eigenvalue weighted by molar-refractivity contribution is 7.91. The number of nitrogens with zero attached hydrogens (tertiary/aromatic N) is 2. The van der Waals surface area contributed by atoms with Crippen molar-refractivity contribution in [1.29, 1.82) is 0 Å². The van der Waals surface area contributed by atoms with E-state index in [9.17, 15) is 8.42 Å². The molecular formula is C12H19N3O2S. The summed E-state index contributed by atoms with van der Waals surface area (Å²) in [5.74, 6) is 0.437. The quantitative estimate of drug-likeness (QED) is 0.848. The first kappa shape index (κ1) is 13.5. The zero-order valence-corrected chi connectivity index (χ0v) is 11.3. The minimum absolute atomic E-state index is 0.0363. The summed E-state index contributed by atoms with van der Waals surface area (Å²) >= 11 is 0. The van der Waals surface area contributed by atoms with Gasteiger partial charge in [0, 0.05) is 31.5 Å². The molecule has 18 heavy (non-hydrogen) atoms. The molecule has 0 amide bonds. The lowest BCUT2D eigenvalue weighted by atomic mass is 10.0. The van der Waals surface area contributed by atoms with Gasteiger partial charge in [0.1, 0.15) is 0 Å². The van der Waals surface area contributed by atoms with Crippen LogP contribution in [0.25, 0.3) is 0 Å². The molecular weight excluding hydrogens is 250 g/mol. The molecule has 0 radical (unpaired) electrons. The average molecular weight is 269 g/mol. The Morgan fingerprint density at radius 1 is 1.39 bits per heavy atom.